The molecule has 30 heavy (non-hydrogen) atoms. The first-order chi connectivity index (χ1) is 14.2. The lowest BCUT2D eigenvalue weighted by Crippen LogP contribution is -2.47. The summed E-state index contributed by atoms with van der Waals surface area (Å²) < 4.78 is 7.12. The Morgan fingerprint density at radius 3 is 2.93 bits per heavy atom. The minimum atomic E-state index is 0. The van der Waals surface area contributed by atoms with Crippen LogP contribution in [0.2, 0.25) is 0 Å². The van der Waals surface area contributed by atoms with E-state index in [0.717, 1.165) is 68.7 Å². The van der Waals surface area contributed by atoms with Crippen molar-refractivity contribution in [1.82, 2.24) is 30.4 Å². The number of methoxy groups -OCH3 is 1. The van der Waals surface area contributed by atoms with Crippen LogP contribution in [-0.4, -0.2) is 65.5 Å². The number of fused-ring (bicyclic) bond motifs is 1. The fourth-order valence-electron chi connectivity index (χ4n) is 3.83. The molecule has 0 saturated carbocycles. The van der Waals surface area contributed by atoms with Gasteiger partial charge in [-0.15, -0.1) is 35.3 Å². The highest BCUT2D eigenvalue weighted by Gasteiger charge is 2.22. The number of rotatable bonds is 7. The van der Waals surface area contributed by atoms with Crippen molar-refractivity contribution in [3.05, 3.63) is 22.7 Å². The van der Waals surface area contributed by atoms with Crippen LogP contribution in [0.3, 0.4) is 0 Å². The Balaban J connectivity index is 0.00000256. The lowest BCUT2D eigenvalue weighted by atomic mass is 10.1. The number of aliphatic imine (C=N–C) groups is 1. The van der Waals surface area contributed by atoms with Crippen molar-refractivity contribution in [3.63, 3.8) is 0 Å². The quantitative estimate of drug-likeness (QED) is 0.311. The van der Waals surface area contributed by atoms with Gasteiger partial charge in [-0.3, -0.25) is 4.99 Å². The van der Waals surface area contributed by atoms with Crippen molar-refractivity contribution in [3.8, 4) is 0 Å². The third-order valence-corrected chi connectivity index (χ3v) is 6.28. The Kier molecular flexibility index (Phi) is 8.69. The fourth-order valence-corrected chi connectivity index (χ4v) is 4.74. The number of guanidine groups is 1. The summed E-state index contributed by atoms with van der Waals surface area (Å²) in [5, 5.41) is 14.8. The number of hydrogen-bond donors (Lipinski definition) is 2. The summed E-state index contributed by atoms with van der Waals surface area (Å²) in [6.45, 7) is 4.34. The van der Waals surface area contributed by atoms with Crippen molar-refractivity contribution in [2.75, 3.05) is 38.7 Å². The molecule has 9 nitrogen and oxygen atoms in total. The van der Waals surface area contributed by atoms with Crippen molar-refractivity contribution >= 4 is 46.4 Å². The third-order valence-electron chi connectivity index (χ3n) is 5.33. The number of nitrogens with one attached hydrogen (secondary N) is 2. The van der Waals surface area contributed by atoms with E-state index in [1.807, 2.05) is 11.7 Å². The van der Waals surface area contributed by atoms with Gasteiger partial charge in [0.05, 0.1) is 12.2 Å². The summed E-state index contributed by atoms with van der Waals surface area (Å²) in [4.78, 5) is 16.1. The number of hydrogen-bond acceptors (Lipinski definition) is 7. The predicted molar refractivity (Wildman–Crippen MR) is 130 cm³/mol. The topological polar surface area (TPSA) is 92.5 Å². The second-order valence-electron chi connectivity index (χ2n) is 7.50. The summed E-state index contributed by atoms with van der Waals surface area (Å²) in [7, 11) is 3.48. The Morgan fingerprint density at radius 1 is 1.33 bits per heavy atom. The molecule has 0 bridgehead atoms. The standard InChI is InChI=1S/C19H30N8OS.HI/c1-20-18(21-8-7-15-13-29-19(23-15)26-9-3-4-10-26)22-14-5-6-17-24-16(12-28-2)25-27(17)11-14;/h13-14H,3-12H2,1-2H3,(H2,20,21,22);1H. The van der Waals surface area contributed by atoms with Gasteiger partial charge in [0, 0.05) is 58.1 Å². The van der Waals surface area contributed by atoms with E-state index >= 15 is 0 Å². The molecule has 4 rings (SSSR count). The van der Waals surface area contributed by atoms with Gasteiger partial charge in [-0.2, -0.15) is 5.10 Å². The van der Waals surface area contributed by atoms with Gasteiger partial charge < -0.3 is 20.3 Å². The molecule has 0 amide bonds. The van der Waals surface area contributed by atoms with E-state index in [2.05, 4.69) is 36.0 Å². The molecule has 166 valence electrons. The van der Waals surface area contributed by atoms with Gasteiger partial charge in [-0.05, 0) is 19.3 Å². The molecule has 2 N–H and O–H groups in total. The molecule has 2 aromatic heterocycles. The van der Waals surface area contributed by atoms with E-state index in [9.17, 15) is 0 Å². The first-order valence-electron chi connectivity index (χ1n) is 10.3. The zero-order chi connectivity index (χ0) is 20.1. The number of aromatic nitrogens is 4. The van der Waals surface area contributed by atoms with E-state index < -0.39 is 0 Å². The smallest absolute Gasteiger partial charge is 0.191 e. The zero-order valence-corrected chi connectivity index (χ0v) is 20.8. The normalized spacial score (nSPS) is 18.8. The molecule has 0 aliphatic carbocycles. The first kappa shape index (κ1) is 23.2. The number of anilines is 1. The Labute approximate surface area is 198 Å². The van der Waals surface area contributed by atoms with Gasteiger partial charge in [-0.1, -0.05) is 0 Å². The average molecular weight is 546 g/mol. The lowest BCUT2D eigenvalue weighted by Gasteiger charge is -2.25. The molecule has 1 atom stereocenters. The SMILES string of the molecule is CN=C(NCCc1csc(N2CCCC2)n1)NC1CCc2nc(COC)nn2C1.I. The van der Waals surface area contributed by atoms with Crippen LogP contribution >= 0.6 is 35.3 Å². The van der Waals surface area contributed by atoms with Crippen molar-refractivity contribution in [2.24, 2.45) is 4.99 Å². The van der Waals surface area contributed by atoms with Crippen LogP contribution in [-0.2, 0) is 30.7 Å². The molecule has 4 heterocycles. The maximum Gasteiger partial charge on any atom is 0.191 e. The van der Waals surface area contributed by atoms with E-state index in [4.69, 9.17) is 9.72 Å². The van der Waals surface area contributed by atoms with Crippen LogP contribution in [0, 0.1) is 0 Å². The van der Waals surface area contributed by atoms with Crippen LogP contribution in [0.25, 0.3) is 0 Å². The fraction of sp³-hybridized carbons (Fsp3) is 0.684. The zero-order valence-electron chi connectivity index (χ0n) is 17.6. The Bertz CT molecular complexity index is 832. The van der Waals surface area contributed by atoms with E-state index in [0.29, 0.717) is 6.61 Å². The molecule has 0 radical (unpaired) electrons. The first-order valence-corrected chi connectivity index (χ1v) is 11.2. The van der Waals surface area contributed by atoms with Gasteiger partial charge in [0.25, 0.3) is 0 Å². The molecular formula is C19H31IN8OS. The van der Waals surface area contributed by atoms with Crippen LogP contribution in [0.1, 0.15) is 36.6 Å². The molecular weight excluding hydrogens is 515 g/mol. The highest BCUT2D eigenvalue weighted by molar-refractivity contribution is 14.0. The second-order valence-corrected chi connectivity index (χ2v) is 8.34. The molecule has 1 saturated heterocycles. The Hall–Kier alpha value is -1.47. The minimum Gasteiger partial charge on any atom is -0.377 e. The minimum absolute atomic E-state index is 0. The average Bonchev–Trinajstić information content (AvgIpc) is 3.47. The number of halogens is 1. The molecule has 2 aromatic rings. The molecule has 2 aliphatic rings. The van der Waals surface area contributed by atoms with Gasteiger partial charge >= 0.3 is 0 Å². The Morgan fingerprint density at radius 2 is 2.17 bits per heavy atom. The summed E-state index contributed by atoms with van der Waals surface area (Å²) in [6.07, 6.45) is 5.37. The monoisotopic (exact) mass is 546 g/mol. The highest BCUT2D eigenvalue weighted by atomic mass is 127. The van der Waals surface area contributed by atoms with Gasteiger partial charge in [-0.25, -0.2) is 14.6 Å². The van der Waals surface area contributed by atoms with Gasteiger partial charge in [0.2, 0.25) is 0 Å². The van der Waals surface area contributed by atoms with Gasteiger partial charge in [0.1, 0.15) is 12.4 Å². The summed E-state index contributed by atoms with van der Waals surface area (Å²) in [6, 6.07) is 0.284. The molecule has 1 fully saturated rings. The molecule has 0 aromatic carbocycles. The van der Waals surface area contributed by atoms with Crippen LogP contribution < -0.4 is 15.5 Å². The largest absolute Gasteiger partial charge is 0.377 e. The highest BCUT2D eigenvalue weighted by Crippen LogP contribution is 2.24. The number of nitrogens with zero attached hydrogens (tertiary/aromatic N) is 6. The number of thiazole rings is 1. The third kappa shape index (κ3) is 5.82. The van der Waals surface area contributed by atoms with Crippen LogP contribution in [0.15, 0.2) is 10.4 Å². The summed E-state index contributed by atoms with van der Waals surface area (Å²) >= 11 is 1.76. The maximum absolute atomic E-state index is 5.14. The predicted octanol–water partition coefficient (Wildman–Crippen LogP) is 1.82. The number of aryl methyl sites for hydroxylation is 1. The van der Waals surface area contributed by atoms with E-state index in [1.54, 1.807) is 18.4 Å². The second kappa shape index (κ2) is 11.2. The van der Waals surface area contributed by atoms with Crippen molar-refractivity contribution in [2.45, 2.75) is 51.3 Å². The summed E-state index contributed by atoms with van der Waals surface area (Å²) in [5.74, 6) is 2.61. The van der Waals surface area contributed by atoms with Gasteiger partial charge in [0.15, 0.2) is 16.9 Å². The number of ether oxygens (including phenoxy) is 1. The summed E-state index contributed by atoms with van der Waals surface area (Å²) in [5.41, 5.74) is 1.15. The lowest BCUT2D eigenvalue weighted by molar-refractivity contribution is 0.177. The van der Waals surface area contributed by atoms with Crippen molar-refractivity contribution < 1.29 is 4.74 Å². The molecule has 1 unspecified atom stereocenters. The van der Waals surface area contributed by atoms with E-state index in [-0.39, 0.29) is 30.0 Å². The van der Waals surface area contributed by atoms with E-state index in [1.165, 1.54) is 18.0 Å². The maximum atomic E-state index is 5.14. The van der Waals surface area contributed by atoms with Crippen molar-refractivity contribution in [1.29, 1.82) is 0 Å². The molecule has 2 aliphatic heterocycles. The molecule has 11 heteroatoms. The van der Waals surface area contributed by atoms with Crippen LogP contribution in [0.5, 0.6) is 0 Å². The van der Waals surface area contributed by atoms with Crippen LogP contribution in [0.4, 0.5) is 5.13 Å². The molecule has 0 spiro atoms.